The molecule has 1 amide bonds. The molecule has 0 saturated carbocycles. The molecular formula is C14H12F2N2O3. The Hall–Kier alpha value is -2.54. The molecule has 2 aromatic rings. The number of aromatic nitrogens is 1. The number of amides is 1. The minimum absolute atomic E-state index is 0.105. The molecule has 1 aromatic heterocycles. The highest BCUT2D eigenvalue weighted by molar-refractivity contribution is 6.04. The fraction of sp³-hybridized carbons (Fsp3) is 0.143. The maximum absolute atomic E-state index is 12.1. The lowest BCUT2D eigenvalue weighted by atomic mass is 10.2. The van der Waals surface area contributed by atoms with E-state index in [1.165, 1.54) is 36.7 Å². The van der Waals surface area contributed by atoms with Crippen LogP contribution < -0.4 is 10.1 Å². The average Bonchev–Trinajstić information content (AvgIpc) is 2.47. The highest BCUT2D eigenvalue weighted by atomic mass is 19.3. The second kappa shape index (κ2) is 6.76. The Morgan fingerprint density at radius 2 is 2.19 bits per heavy atom. The van der Waals surface area contributed by atoms with E-state index in [9.17, 15) is 13.6 Å². The standard InChI is InChI=1S/C14H12F2N2O3/c15-14(16)21-11-3-1-2-9(6-11)13(20)18-12-7-17-5-4-10(12)8-19/h1-7,14,19H,8H2,(H,18,20). The summed E-state index contributed by atoms with van der Waals surface area (Å²) in [5.41, 5.74) is 1.00. The number of benzene rings is 1. The summed E-state index contributed by atoms with van der Waals surface area (Å²) in [4.78, 5) is 15.9. The van der Waals surface area contributed by atoms with Gasteiger partial charge >= 0.3 is 6.61 Å². The van der Waals surface area contributed by atoms with Crippen molar-refractivity contribution in [3.05, 3.63) is 53.9 Å². The molecule has 0 aliphatic carbocycles. The predicted molar refractivity (Wildman–Crippen MR) is 71.2 cm³/mol. The fourth-order valence-electron chi connectivity index (χ4n) is 1.68. The van der Waals surface area contributed by atoms with Crippen molar-refractivity contribution < 1.29 is 23.4 Å². The van der Waals surface area contributed by atoms with Crippen LogP contribution in [-0.2, 0) is 6.61 Å². The molecule has 21 heavy (non-hydrogen) atoms. The lowest BCUT2D eigenvalue weighted by Crippen LogP contribution is -2.14. The summed E-state index contributed by atoms with van der Waals surface area (Å²) >= 11 is 0. The predicted octanol–water partition coefficient (Wildman–Crippen LogP) is 2.43. The van der Waals surface area contributed by atoms with E-state index < -0.39 is 12.5 Å². The quantitative estimate of drug-likeness (QED) is 0.888. The number of anilines is 1. The number of hydrogen-bond acceptors (Lipinski definition) is 4. The van der Waals surface area contributed by atoms with Gasteiger partial charge in [0.15, 0.2) is 0 Å². The van der Waals surface area contributed by atoms with Gasteiger partial charge in [0.05, 0.1) is 18.5 Å². The molecule has 110 valence electrons. The van der Waals surface area contributed by atoms with Crippen molar-refractivity contribution in [1.29, 1.82) is 0 Å². The van der Waals surface area contributed by atoms with Gasteiger partial charge in [-0.25, -0.2) is 0 Å². The molecule has 0 fully saturated rings. The molecule has 0 spiro atoms. The molecule has 2 rings (SSSR count). The lowest BCUT2D eigenvalue weighted by molar-refractivity contribution is -0.0498. The number of ether oxygens (including phenoxy) is 1. The SMILES string of the molecule is O=C(Nc1cnccc1CO)c1cccc(OC(F)F)c1. The van der Waals surface area contributed by atoms with Crippen LogP contribution in [-0.4, -0.2) is 22.6 Å². The number of carbonyl (C=O) groups excluding carboxylic acids is 1. The molecule has 1 heterocycles. The summed E-state index contributed by atoms with van der Waals surface area (Å²) in [7, 11) is 0. The van der Waals surface area contributed by atoms with Crippen LogP contribution in [0.25, 0.3) is 0 Å². The lowest BCUT2D eigenvalue weighted by Gasteiger charge is -2.10. The van der Waals surface area contributed by atoms with Gasteiger partial charge in [-0.1, -0.05) is 6.07 Å². The molecule has 7 heteroatoms. The third-order valence-electron chi connectivity index (χ3n) is 2.65. The van der Waals surface area contributed by atoms with E-state index in [4.69, 9.17) is 5.11 Å². The number of nitrogens with zero attached hydrogens (tertiary/aromatic N) is 1. The molecule has 0 aliphatic rings. The van der Waals surface area contributed by atoms with E-state index in [0.717, 1.165) is 0 Å². The van der Waals surface area contributed by atoms with Gasteiger partial charge in [-0.2, -0.15) is 8.78 Å². The van der Waals surface area contributed by atoms with Crippen molar-refractivity contribution in [2.24, 2.45) is 0 Å². The van der Waals surface area contributed by atoms with Gasteiger partial charge in [0.25, 0.3) is 5.91 Å². The smallest absolute Gasteiger partial charge is 0.387 e. The molecule has 0 atom stereocenters. The van der Waals surface area contributed by atoms with Crippen LogP contribution >= 0.6 is 0 Å². The van der Waals surface area contributed by atoms with Crippen LogP contribution in [0.5, 0.6) is 5.75 Å². The molecule has 0 bridgehead atoms. The molecule has 0 unspecified atom stereocenters. The summed E-state index contributed by atoms with van der Waals surface area (Å²) in [5.74, 6) is -0.622. The van der Waals surface area contributed by atoms with E-state index in [1.807, 2.05) is 0 Å². The Morgan fingerprint density at radius 3 is 2.90 bits per heavy atom. The molecule has 0 radical (unpaired) electrons. The van der Waals surface area contributed by atoms with Gasteiger partial charge in [0, 0.05) is 17.3 Å². The topological polar surface area (TPSA) is 71.5 Å². The summed E-state index contributed by atoms with van der Waals surface area (Å²) in [6.45, 7) is -3.21. The number of aliphatic hydroxyl groups is 1. The van der Waals surface area contributed by atoms with Crippen LogP contribution in [0.3, 0.4) is 0 Å². The van der Waals surface area contributed by atoms with Crippen molar-refractivity contribution in [1.82, 2.24) is 4.98 Å². The first-order valence-corrected chi connectivity index (χ1v) is 6.00. The van der Waals surface area contributed by atoms with Gasteiger partial charge in [-0.05, 0) is 24.3 Å². The van der Waals surface area contributed by atoms with Gasteiger partial charge in [0.1, 0.15) is 5.75 Å². The fourth-order valence-corrected chi connectivity index (χ4v) is 1.68. The van der Waals surface area contributed by atoms with Crippen molar-refractivity contribution >= 4 is 11.6 Å². The summed E-state index contributed by atoms with van der Waals surface area (Å²) in [6.07, 6.45) is 2.88. The first kappa shape index (κ1) is 14.9. The molecule has 2 N–H and O–H groups in total. The Kier molecular flexibility index (Phi) is 4.78. The summed E-state index contributed by atoms with van der Waals surface area (Å²) in [5, 5.41) is 11.7. The van der Waals surface area contributed by atoms with Crippen LogP contribution in [0.4, 0.5) is 14.5 Å². The molecule has 1 aromatic carbocycles. The zero-order chi connectivity index (χ0) is 15.2. The maximum Gasteiger partial charge on any atom is 0.387 e. The average molecular weight is 294 g/mol. The maximum atomic E-state index is 12.1. The van der Waals surface area contributed by atoms with Crippen molar-refractivity contribution in [2.75, 3.05) is 5.32 Å². The van der Waals surface area contributed by atoms with Crippen molar-refractivity contribution in [3.8, 4) is 5.75 Å². The number of nitrogens with one attached hydrogen (secondary N) is 1. The van der Waals surface area contributed by atoms with Crippen LogP contribution in [0, 0.1) is 0 Å². The van der Waals surface area contributed by atoms with Crippen molar-refractivity contribution in [3.63, 3.8) is 0 Å². The zero-order valence-corrected chi connectivity index (χ0v) is 10.8. The van der Waals surface area contributed by atoms with Crippen LogP contribution in [0.1, 0.15) is 15.9 Å². The highest BCUT2D eigenvalue weighted by Gasteiger charge is 2.11. The third-order valence-corrected chi connectivity index (χ3v) is 2.65. The van der Waals surface area contributed by atoms with E-state index in [-0.39, 0.29) is 17.9 Å². The van der Waals surface area contributed by atoms with Gasteiger partial charge in [-0.3, -0.25) is 9.78 Å². The normalized spacial score (nSPS) is 10.5. The van der Waals surface area contributed by atoms with E-state index in [0.29, 0.717) is 11.3 Å². The Morgan fingerprint density at radius 1 is 1.38 bits per heavy atom. The second-order valence-corrected chi connectivity index (χ2v) is 4.05. The molecule has 5 nitrogen and oxygen atoms in total. The number of alkyl halides is 2. The Balaban J connectivity index is 2.16. The molecule has 0 aliphatic heterocycles. The second-order valence-electron chi connectivity index (χ2n) is 4.05. The number of aliphatic hydroxyl groups excluding tert-OH is 1. The van der Waals surface area contributed by atoms with Gasteiger partial charge < -0.3 is 15.2 Å². The Bertz CT molecular complexity index is 635. The minimum atomic E-state index is -2.96. The highest BCUT2D eigenvalue weighted by Crippen LogP contribution is 2.18. The Labute approximate surface area is 119 Å². The number of hydrogen-bond donors (Lipinski definition) is 2. The monoisotopic (exact) mass is 294 g/mol. The minimum Gasteiger partial charge on any atom is -0.435 e. The number of rotatable bonds is 5. The van der Waals surface area contributed by atoms with Gasteiger partial charge in [-0.15, -0.1) is 0 Å². The van der Waals surface area contributed by atoms with Crippen LogP contribution in [0.2, 0.25) is 0 Å². The zero-order valence-electron chi connectivity index (χ0n) is 10.8. The van der Waals surface area contributed by atoms with Crippen molar-refractivity contribution in [2.45, 2.75) is 13.2 Å². The van der Waals surface area contributed by atoms with E-state index >= 15 is 0 Å². The summed E-state index contributed by atoms with van der Waals surface area (Å²) < 4.78 is 28.5. The number of pyridine rings is 1. The first-order valence-electron chi connectivity index (χ1n) is 6.00. The number of halogens is 2. The molecule has 0 saturated heterocycles. The number of carbonyl (C=O) groups is 1. The van der Waals surface area contributed by atoms with Gasteiger partial charge in [0.2, 0.25) is 0 Å². The summed E-state index contributed by atoms with van der Waals surface area (Å²) in [6, 6.07) is 6.99. The third kappa shape index (κ3) is 3.96. The van der Waals surface area contributed by atoms with E-state index in [1.54, 1.807) is 6.07 Å². The molecular weight excluding hydrogens is 282 g/mol. The van der Waals surface area contributed by atoms with Crippen LogP contribution in [0.15, 0.2) is 42.7 Å². The first-order chi connectivity index (χ1) is 10.1. The van der Waals surface area contributed by atoms with E-state index in [2.05, 4.69) is 15.0 Å². The largest absolute Gasteiger partial charge is 0.435 e.